The highest BCUT2D eigenvalue weighted by atomic mass is 32.2. The van der Waals surface area contributed by atoms with Crippen LogP contribution >= 0.6 is 0 Å². The quantitative estimate of drug-likeness (QED) is 0.815. The Kier molecular flexibility index (Phi) is 4.00. The number of hydrogen-bond donors (Lipinski definition) is 0. The van der Waals surface area contributed by atoms with E-state index in [1.165, 1.54) is 30.7 Å². The van der Waals surface area contributed by atoms with E-state index >= 15 is 0 Å². The van der Waals surface area contributed by atoms with Gasteiger partial charge in [-0.15, -0.1) is 0 Å². The van der Waals surface area contributed by atoms with Crippen LogP contribution in [0.5, 0.6) is 0 Å². The minimum Gasteiger partial charge on any atom is -0.377 e. The molecular formula is C13H15NO3S. The second kappa shape index (κ2) is 5.51. The van der Waals surface area contributed by atoms with Crippen molar-refractivity contribution in [3.63, 3.8) is 0 Å². The molecule has 1 aliphatic carbocycles. The standard InChI is InChI=1S/C13H15NO3S/c14-10-11-4-6-13(7-5-11)18(15,16)9-8-17-12-2-1-3-12/h4-7,12H,1-3,8-9H2. The zero-order valence-corrected chi connectivity index (χ0v) is 10.8. The van der Waals surface area contributed by atoms with Crippen LogP contribution in [0, 0.1) is 11.3 Å². The monoisotopic (exact) mass is 265 g/mol. The van der Waals surface area contributed by atoms with Gasteiger partial charge in [0.1, 0.15) is 0 Å². The van der Waals surface area contributed by atoms with Crippen LogP contribution in [0.15, 0.2) is 29.2 Å². The van der Waals surface area contributed by atoms with Crippen LogP contribution in [0.4, 0.5) is 0 Å². The largest absolute Gasteiger partial charge is 0.377 e. The van der Waals surface area contributed by atoms with E-state index in [9.17, 15) is 8.42 Å². The summed E-state index contributed by atoms with van der Waals surface area (Å²) in [7, 11) is -3.30. The third kappa shape index (κ3) is 3.09. The average Bonchev–Trinajstić information content (AvgIpc) is 2.32. The van der Waals surface area contributed by atoms with Gasteiger partial charge in [0.15, 0.2) is 9.84 Å². The summed E-state index contributed by atoms with van der Waals surface area (Å²) in [6.07, 6.45) is 3.50. The smallest absolute Gasteiger partial charge is 0.180 e. The van der Waals surface area contributed by atoms with Crippen molar-refractivity contribution in [3.05, 3.63) is 29.8 Å². The number of nitrogens with zero attached hydrogens (tertiary/aromatic N) is 1. The number of ether oxygens (including phenoxy) is 1. The summed E-state index contributed by atoms with van der Waals surface area (Å²) < 4.78 is 29.4. The molecule has 0 radical (unpaired) electrons. The molecule has 96 valence electrons. The Morgan fingerprint density at radius 2 is 1.94 bits per heavy atom. The fourth-order valence-electron chi connectivity index (χ4n) is 1.72. The Balaban J connectivity index is 1.94. The van der Waals surface area contributed by atoms with E-state index in [0.717, 1.165) is 12.8 Å². The Morgan fingerprint density at radius 3 is 2.44 bits per heavy atom. The van der Waals surface area contributed by atoms with Gasteiger partial charge in [0.25, 0.3) is 0 Å². The molecule has 0 saturated heterocycles. The van der Waals surface area contributed by atoms with Gasteiger partial charge in [0.05, 0.1) is 35.0 Å². The minimum absolute atomic E-state index is 0.00456. The van der Waals surface area contributed by atoms with E-state index in [-0.39, 0.29) is 23.4 Å². The molecule has 1 aromatic carbocycles. The summed E-state index contributed by atoms with van der Waals surface area (Å²) in [5.41, 5.74) is 0.458. The molecule has 0 unspecified atom stereocenters. The number of benzene rings is 1. The molecule has 1 saturated carbocycles. The van der Waals surface area contributed by atoms with Gasteiger partial charge < -0.3 is 4.74 Å². The van der Waals surface area contributed by atoms with Crippen LogP contribution in [-0.2, 0) is 14.6 Å². The Morgan fingerprint density at radius 1 is 1.28 bits per heavy atom. The zero-order valence-electron chi connectivity index (χ0n) is 10.0. The van der Waals surface area contributed by atoms with Crippen molar-refractivity contribution in [2.75, 3.05) is 12.4 Å². The molecule has 2 rings (SSSR count). The zero-order chi connectivity index (χ0) is 13.0. The first-order chi connectivity index (χ1) is 8.62. The average molecular weight is 265 g/mol. The van der Waals surface area contributed by atoms with Crippen LogP contribution in [0.3, 0.4) is 0 Å². The maximum absolute atomic E-state index is 12.0. The predicted octanol–water partition coefficient (Wildman–Crippen LogP) is 1.90. The molecule has 18 heavy (non-hydrogen) atoms. The van der Waals surface area contributed by atoms with Crippen molar-refractivity contribution < 1.29 is 13.2 Å². The number of rotatable bonds is 5. The lowest BCUT2D eigenvalue weighted by atomic mass is 9.96. The molecule has 0 amide bonds. The van der Waals surface area contributed by atoms with Gasteiger partial charge in [0.2, 0.25) is 0 Å². The summed E-state index contributed by atoms with van der Waals surface area (Å²) in [6.45, 7) is 0.243. The molecule has 1 aromatic rings. The first kappa shape index (κ1) is 13.1. The topological polar surface area (TPSA) is 67.2 Å². The van der Waals surface area contributed by atoms with E-state index in [0.29, 0.717) is 5.56 Å². The van der Waals surface area contributed by atoms with Crippen molar-refractivity contribution in [1.82, 2.24) is 0 Å². The molecule has 0 spiro atoms. The lowest BCUT2D eigenvalue weighted by molar-refractivity contribution is 0.0110. The molecule has 0 atom stereocenters. The van der Waals surface area contributed by atoms with Crippen LogP contribution in [0.25, 0.3) is 0 Å². The fourth-order valence-corrected chi connectivity index (χ4v) is 2.82. The summed E-state index contributed by atoms with van der Waals surface area (Å²) >= 11 is 0. The number of hydrogen-bond acceptors (Lipinski definition) is 4. The second-order valence-electron chi connectivity index (χ2n) is 4.38. The van der Waals surface area contributed by atoms with Gasteiger partial charge >= 0.3 is 0 Å². The molecule has 0 N–H and O–H groups in total. The van der Waals surface area contributed by atoms with Crippen molar-refractivity contribution in [2.45, 2.75) is 30.3 Å². The molecule has 4 nitrogen and oxygen atoms in total. The molecule has 5 heteroatoms. The Bertz CT molecular complexity index is 539. The van der Waals surface area contributed by atoms with Gasteiger partial charge in [-0.1, -0.05) is 0 Å². The third-order valence-electron chi connectivity index (χ3n) is 3.10. The molecule has 0 aromatic heterocycles. The SMILES string of the molecule is N#Cc1ccc(S(=O)(=O)CCOC2CCC2)cc1. The maximum atomic E-state index is 12.0. The third-order valence-corrected chi connectivity index (χ3v) is 4.79. The summed E-state index contributed by atoms with van der Waals surface area (Å²) in [6, 6.07) is 7.93. The molecular weight excluding hydrogens is 250 g/mol. The Labute approximate surface area is 107 Å². The highest BCUT2D eigenvalue weighted by Gasteiger charge is 2.20. The van der Waals surface area contributed by atoms with Crippen molar-refractivity contribution in [3.8, 4) is 6.07 Å². The van der Waals surface area contributed by atoms with Gasteiger partial charge in [-0.2, -0.15) is 5.26 Å². The minimum atomic E-state index is -3.30. The lowest BCUT2D eigenvalue weighted by Crippen LogP contribution is -2.24. The fraction of sp³-hybridized carbons (Fsp3) is 0.462. The number of sulfone groups is 1. The lowest BCUT2D eigenvalue weighted by Gasteiger charge is -2.25. The summed E-state index contributed by atoms with van der Waals surface area (Å²) in [5.74, 6) is -0.00456. The maximum Gasteiger partial charge on any atom is 0.180 e. The molecule has 1 fully saturated rings. The highest BCUT2D eigenvalue weighted by Crippen LogP contribution is 2.22. The first-order valence-electron chi connectivity index (χ1n) is 5.96. The second-order valence-corrected chi connectivity index (χ2v) is 6.49. The van der Waals surface area contributed by atoms with Gasteiger partial charge in [-0.25, -0.2) is 8.42 Å². The van der Waals surface area contributed by atoms with Gasteiger partial charge in [0, 0.05) is 0 Å². The molecule has 0 heterocycles. The van der Waals surface area contributed by atoms with E-state index < -0.39 is 9.84 Å². The van der Waals surface area contributed by atoms with Crippen LogP contribution in [0.2, 0.25) is 0 Å². The highest BCUT2D eigenvalue weighted by molar-refractivity contribution is 7.91. The van der Waals surface area contributed by atoms with Gasteiger partial charge in [-0.3, -0.25) is 0 Å². The first-order valence-corrected chi connectivity index (χ1v) is 7.61. The van der Waals surface area contributed by atoms with Crippen molar-refractivity contribution >= 4 is 9.84 Å². The van der Waals surface area contributed by atoms with Crippen molar-refractivity contribution in [2.24, 2.45) is 0 Å². The van der Waals surface area contributed by atoms with Crippen molar-refractivity contribution in [1.29, 1.82) is 5.26 Å². The Hall–Kier alpha value is -1.38. The van der Waals surface area contributed by atoms with E-state index in [4.69, 9.17) is 10.00 Å². The van der Waals surface area contributed by atoms with Gasteiger partial charge in [-0.05, 0) is 43.5 Å². The normalized spacial score (nSPS) is 15.9. The molecule has 0 bridgehead atoms. The number of nitriles is 1. The molecule has 0 aliphatic heterocycles. The summed E-state index contributed by atoms with van der Waals surface area (Å²) in [5, 5.41) is 8.65. The summed E-state index contributed by atoms with van der Waals surface area (Å²) in [4.78, 5) is 0.249. The van der Waals surface area contributed by atoms with Crippen LogP contribution in [0.1, 0.15) is 24.8 Å². The van der Waals surface area contributed by atoms with Crippen LogP contribution < -0.4 is 0 Å². The molecule has 1 aliphatic rings. The van der Waals surface area contributed by atoms with E-state index in [2.05, 4.69) is 0 Å². The van der Waals surface area contributed by atoms with Crippen LogP contribution in [-0.4, -0.2) is 26.9 Å². The van der Waals surface area contributed by atoms with E-state index in [1.807, 2.05) is 6.07 Å². The van der Waals surface area contributed by atoms with E-state index in [1.54, 1.807) is 0 Å². The predicted molar refractivity (Wildman–Crippen MR) is 66.8 cm³/mol.